The van der Waals surface area contributed by atoms with Crippen molar-refractivity contribution in [1.29, 1.82) is 0 Å². The highest BCUT2D eigenvalue weighted by Crippen LogP contribution is 2.31. The quantitative estimate of drug-likeness (QED) is 0.570. The van der Waals surface area contributed by atoms with E-state index in [-0.39, 0.29) is 35.5 Å². The topological polar surface area (TPSA) is 94.8 Å². The number of aryl methyl sites for hydroxylation is 1. The van der Waals surface area contributed by atoms with Crippen molar-refractivity contribution in [3.8, 4) is 21.9 Å². The Balaban J connectivity index is 1.89. The van der Waals surface area contributed by atoms with Gasteiger partial charge in [-0.1, -0.05) is 12.1 Å². The molecular weight excluding hydrogens is 352 g/mol. The second-order valence-corrected chi connectivity index (χ2v) is 6.72. The zero-order valence-corrected chi connectivity index (χ0v) is 14.5. The van der Waals surface area contributed by atoms with E-state index in [1.807, 2.05) is 17.5 Å². The number of carbonyl (C=O) groups excluding carboxylic acids is 1. The Morgan fingerprint density at radius 3 is 2.42 bits per heavy atom. The lowest BCUT2D eigenvalue weighted by Crippen LogP contribution is -2.04. The molecule has 3 rings (SSSR count). The van der Waals surface area contributed by atoms with Gasteiger partial charge >= 0.3 is 5.97 Å². The van der Waals surface area contributed by atoms with Crippen molar-refractivity contribution in [2.75, 3.05) is 0 Å². The van der Waals surface area contributed by atoms with Crippen LogP contribution in [0.1, 0.15) is 27.9 Å². The number of ketones is 1. The molecule has 0 aliphatic rings. The van der Waals surface area contributed by atoms with Gasteiger partial charge in [-0.15, -0.1) is 11.3 Å². The number of rotatable bonds is 6. The fourth-order valence-electron chi connectivity index (χ4n) is 2.64. The maximum atomic E-state index is 12.7. The first-order valence-electron chi connectivity index (χ1n) is 7.91. The van der Waals surface area contributed by atoms with Crippen LogP contribution in [0.2, 0.25) is 0 Å². The van der Waals surface area contributed by atoms with E-state index >= 15 is 0 Å². The number of phenolic OH excluding ortho intramolecular Hbond substituents is 2. The number of aromatic hydroxyl groups is 2. The number of phenols is 2. The van der Waals surface area contributed by atoms with Crippen LogP contribution in [0.15, 0.2) is 53.9 Å². The summed E-state index contributed by atoms with van der Waals surface area (Å²) in [6.07, 6.45) is -0.0302. The Morgan fingerprint density at radius 2 is 1.77 bits per heavy atom. The van der Waals surface area contributed by atoms with E-state index in [0.29, 0.717) is 5.56 Å². The Morgan fingerprint density at radius 1 is 0.962 bits per heavy atom. The number of carboxylic acid groups (broad SMARTS) is 1. The molecule has 3 N–H and O–H groups in total. The van der Waals surface area contributed by atoms with Crippen LogP contribution in [0.3, 0.4) is 0 Å². The van der Waals surface area contributed by atoms with Crippen LogP contribution in [-0.4, -0.2) is 27.1 Å². The summed E-state index contributed by atoms with van der Waals surface area (Å²) in [5.74, 6) is -1.55. The lowest BCUT2D eigenvalue weighted by molar-refractivity contribution is -0.136. The van der Waals surface area contributed by atoms with E-state index in [2.05, 4.69) is 0 Å². The van der Waals surface area contributed by atoms with Gasteiger partial charge in [-0.2, -0.15) is 0 Å². The zero-order valence-electron chi connectivity index (χ0n) is 13.7. The van der Waals surface area contributed by atoms with Gasteiger partial charge in [0.2, 0.25) is 0 Å². The number of thiophene rings is 1. The predicted octanol–water partition coefficient (Wildman–Crippen LogP) is 4.07. The Bertz CT molecular complexity index is 960. The van der Waals surface area contributed by atoms with Crippen LogP contribution in [0.4, 0.5) is 0 Å². The van der Waals surface area contributed by atoms with Crippen LogP contribution in [0, 0.1) is 0 Å². The molecule has 5 nitrogen and oxygen atoms in total. The molecule has 0 atom stereocenters. The molecule has 3 aromatic rings. The van der Waals surface area contributed by atoms with Crippen molar-refractivity contribution in [2.45, 2.75) is 12.8 Å². The third-order valence-corrected chi connectivity index (χ3v) is 4.92. The number of hydrogen-bond acceptors (Lipinski definition) is 5. The Kier molecular flexibility index (Phi) is 5.04. The first-order chi connectivity index (χ1) is 12.5. The fraction of sp³-hybridized carbons (Fsp3) is 0.100. The molecule has 0 amide bonds. The number of benzene rings is 2. The van der Waals surface area contributed by atoms with Gasteiger partial charge in [0.15, 0.2) is 5.78 Å². The van der Waals surface area contributed by atoms with Crippen molar-refractivity contribution in [3.05, 3.63) is 70.6 Å². The standard InChI is InChI=1S/C20H16O5S/c21-16-7-4-14(10-12(16)5-8-19(23)24)20(25)15-6-3-13(11-17(15)22)18-2-1-9-26-18/h1-4,6-7,9-11,21-22H,5,8H2,(H,23,24). The van der Waals surface area contributed by atoms with Crippen molar-refractivity contribution < 1.29 is 24.9 Å². The van der Waals surface area contributed by atoms with Crippen LogP contribution < -0.4 is 0 Å². The van der Waals surface area contributed by atoms with Gasteiger partial charge in [-0.05, 0) is 59.3 Å². The van der Waals surface area contributed by atoms with Crippen molar-refractivity contribution >= 4 is 23.1 Å². The summed E-state index contributed by atoms with van der Waals surface area (Å²) in [5.41, 5.74) is 1.64. The minimum absolute atomic E-state index is 0.0555. The summed E-state index contributed by atoms with van der Waals surface area (Å²) in [6, 6.07) is 13.0. The average Bonchev–Trinajstić information content (AvgIpc) is 3.15. The third kappa shape index (κ3) is 3.75. The molecule has 0 fully saturated rings. The molecule has 0 spiro atoms. The lowest BCUT2D eigenvalue weighted by atomic mass is 9.97. The molecule has 132 valence electrons. The molecule has 2 aromatic carbocycles. The predicted molar refractivity (Wildman–Crippen MR) is 98.9 cm³/mol. The molecular formula is C20H16O5S. The molecule has 0 saturated carbocycles. The van der Waals surface area contributed by atoms with E-state index < -0.39 is 11.8 Å². The fourth-order valence-corrected chi connectivity index (χ4v) is 3.37. The van der Waals surface area contributed by atoms with Crippen LogP contribution in [0.5, 0.6) is 11.5 Å². The van der Waals surface area contributed by atoms with Crippen LogP contribution >= 0.6 is 11.3 Å². The molecule has 0 unspecified atom stereocenters. The summed E-state index contributed by atoms with van der Waals surface area (Å²) in [4.78, 5) is 24.4. The first-order valence-corrected chi connectivity index (χ1v) is 8.79. The summed E-state index contributed by atoms with van der Waals surface area (Å²) < 4.78 is 0. The van der Waals surface area contributed by atoms with Gasteiger partial charge < -0.3 is 15.3 Å². The summed E-state index contributed by atoms with van der Waals surface area (Å²) in [6.45, 7) is 0. The molecule has 0 aliphatic carbocycles. The summed E-state index contributed by atoms with van der Waals surface area (Å²) in [5, 5.41) is 30.8. The SMILES string of the molecule is O=C(O)CCc1cc(C(=O)c2ccc(-c3cccs3)cc2O)ccc1O. The van der Waals surface area contributed by atoms with Crippen LogP contribution in [-0.2, 0) is 11.2 Å². The molecule has 26 heavy (non-hydrogen) atoms. The number of aliphatic carboxylic acids is 1. The maximum absolute atomic E-state index is 12.7. The van der Waals surface area contributed by atoms with E-state index in [1.54, 1.807) is 18.2 Å². The van der Waals surface area contributed by atoms with E-state index in [4.69, 9.17) is 5.11 Å². The second-order valence-electron chi connectivity index (χ2n) is 5.78. The van der Waals surface area contributed by atoms with Crippen molar-refractivity contribution in [2.24, 2.45) is 0 Å². The van der Waals surface area contributed by atoms with E-state index in [1.165, 1.54) is 29.5 Å². The van der Waals surface area contributed by atoms with E-state index in [0.717, 1.165) is 10.4 Å². The molecule has 1 heterocycles. The number of carboxylic acids is 1. The lowest BCUT2D eigenvalue weighted by Gasteiger charge is -2.09. The molecule has 1 aromatic heterocycles. The van der Waals surface area contributed by atoms with Gasteiger partial charge in [0.25, 0.3) is 0 Å². The minimum Gasteiger partial charge on any atom is -0.508 e. The van der Waals surface area contributed by atoms with Gasteiger partial charge in [0.05, 0.1) is 5.56 Å². The average molecular weight is 368 g/mol. The Hall–Kier alpha value is -3.12. The van der Waals surface area contributed by atoms with Crippen molar-refractivity contribution in [1.82, 2.24) is 0 Å². The third-order valence-electron chi connectivity index (χ3n) is 4.00. The summed E-state index contributed by atoms with van der Waals surface area (Å²) >= 11 is 1.53. The largest absolute Gasteiger partial charge is 0.508 e. The monoisotopic (exact) mass is 368 g/mol. The molecule has 0 saturated heterocycles. The smallest absolute Gasteiger partial charge is 0.303 e. The van der Waals surface area contributed by atoms with Crippen LogP contribution in [0.25, 0.3) is 10.4 Å². The maximum Gasteiger partial charge on any atom is 0.303 e. The highest BCUT2D eigenvalue weighted by atomic mass is 32.1. The van der Waals surface area contributed by atoms with Gasteiger partial charge in [0.1, 0.15) is 11.5 Å². The number of carbonyl (C=O) groups is 2. The normalized spacial score (nSPS) is 10.6. The first kappa shape index (κ1) is 17.7. The zero-order chi connectivity index (χ0) is 18.7. The number of hydrogen-bond donors (Lipinski definition) is 3. The second kappa shape index (κ2) is 7.41. The highest BCUT2D eigenvalue weighted by Gasteiger charge is 2.16. The summed E-state index contributed by atoms with van der Waals surface area (Å²) in [7, 11) is 0. The minimum atomic E-state index is -0.983. The van der Waals surface area contributed by atoms with Crippen molar-refractivity contribution in [3.63, 3.8) is 0 Å². The molecule has 0 bridgehead atoms. The van der Waals surface area contributed by atoms with Gasteiger partial charge in [0, 0.05) is 16.9 Å². The molecule has 6 heteroatoms. The highest BCUT2D eigenvalue weighted by molar-refractivity contribution is 7.13. The van der Waals surface area contributed by atoms with Gasteiger partial charge in [-0.3, -0.25) is 9.59 Å². The van der Waals surface area contributed by atoms with E-state index in [9.17, 15) is 19.8 Å². The Labute approximate surface area is 153 Å². The molecule has 0 radical (unpaired) electrons. The van der Waals surface area contributed by atoms with Gasteiger partial charge in [-0.25, -0.2) is 0 Å². The molecule has 0 aliphatic heterocycles.